The van der Waals surface area contributed by atoms with Gasteiger partial charge in [-0.25, -0.2) is 4.98 Å². The lowest BCUT2D eigenvalue weighted by molar-refractivity contribution is 0.484. The van der Waals surface area contributed by atoms with Crippen LogP contribution < -0.4 is 4.74 Å². The molecule has 0 unspecified atom stereocenters. The lowest BCUT2D eigenvalue weighted by Crippen LogP contribution is -1.88. The number of imidazole rings is 1. The van der Waals surface area contributed by atoms with Crippen LogP contribution in [0, 0.1) is 0 Å². The number of aromatic nitrogens is 2. The van der Waals surface area contributed by atoms with Crippen LogP contribution >= 0.6 is 15.9 Å². The first kappa shape index (κ1) is 14.0. The molecular formula is C19H13BrN2O. The van der Waals surface area contributed by atoms with Crippen LogP contribution in [0.2, 0.25) is 0 Å². The quantitative estimate of drug-likeness (QED) is 0.475. The molecule has 2 aromatic carbocycles. The van der Waals surface area contributed by atoms with Gasteiger partial charge in [0.1, 0.15) is 17.1 Å². The first-order valence-electron chi connectivity index (χ1n) is 7.26. The summed E-state index contributed by atoms with van der Waals surface area (Å²) in [6, 6.07) is 21.7. The standard InChI is InChI=1S/C19H13BrN2O/c20-14-8-10-15(11-9-14)23-18-6-2-1-5-16(18)17-13-22-12-4-3-7-19(22)21-17/h1-13H. The summed E-state index contributed by atoms with van der Waals surface area (Å²) >= 11 is 3.43. The highest BCUT2D eigenvalue weighted by Gasteiger charge is 2.10. The fourth-order valence-electron chi connectivity index (χ4n) is 2.46. The van der Waals surface area contributed by atoms with Crippen LogP contribution in [0.15, 0.2) is 83.6 Å². The molecule has 0 bridgehead atoms. The van der Waals surface area contributed by atoms with Crippen LogP contribution in [-0.2, 0) is 0 Å². The summed E-state index contributed by atoms with van der Waals surface area (Å²) in [6.45, 7) is 0. The summed E-state index contributed by atoms with van der Waals surface area (Å²) in [5.74, 6) is 1.59. The highest BCUT2D eigenvalue weighted by atomic mass is 79.9. The number of ether oxygens (including phenoxy) is 1. The largest absolute Gasteiger partial charge is 0.457 e. The molecule has 4 rings (SSSR count). The van der Waals surface area contributed by atoms with Crippen LogP contribution in [0.4, 0.5) is 0 Å². The van der Waals surface area contributed by atoms with Gasteiger partial charge in [-0.15, -0.1) is 0 Å². The molecule has 0 aliphatic rings. The van der Waals surface area contributed by atoms with Crippen molar-refractivity contribution < 1.29 is 4.74 Å². The van der Waals surface area contributed by atoms with Crippen molar-refractivity contribution in [2.24, 2.45) is 0 Å². The minimum absolute atomic E-state index is 0.790. The summed E-state index contributed by atoms with van der Waals surface area (Å²) < 4.78 is 9.08. The van der Waals surface area contributed by atoms with Gasteiger partial charge in [0.05, 0.1) is 5.69 Å². The Morgan fingerprint density at radius 2 is 1.65 bits per heavy atom. The van der Waals surface area contributed by atoms with E-state index in [9.17, 15) is 0 Å². The summed E-state index contributed by atoms with van der Waals surface area (Å²) in [7, 11) is 0. The van der Waals surface area contributed by atoms with E-state index in [4.69, 9.17) is 4.74 Å². The monoisotopic (exact) mass is 364 g/mol. The molecule has 0 saturated heterocycles. The maximum absolute atomic E-state index is 6.04. The van der Waals surface area contributed by atoms with Gasteiger partial charge in [-0.1, -0.05) is 34.1 Å². The van der Waals surface area contributed by atoms with Crippen molar-refractivity contribution >= 4 is 21.6 Å². The molecule has 23 heavy (non-hydrogen) atoms. The summed E-state index contributed by atoms with van der Waals surface area (Å²) in [5.41, 5.74) is 2.78. The molecule has 3 nitrogen and oxygen atoms in total. The van der Waals surface area contributed by atoms with Gasteiger partial charge in [0.15, 0.2) is 0 Å². The Balaban J connectivity index is 1.75. The van der Waals surface area contributed by atoms with E-state index in [1.165, 1.54) is 0 Å². The highest BCUT2D eigenvalue weighted by Crippen LogP contribution is 2.33. The van der Waals surface area contributed by atoms with Crippen molar-refractivity contribution in [2.75, 3.05) is 0 Å². The predicted octanol–water partition coefficient (Wildman–Crippen LogP) is 5.56. The molecule has 0 radical (unpaired) electrons. The number of rotatable bonds is 3. The summed E-state index contributed by atoms with van der Waals surface area (Å²) in [5, 5.41) is 0. The maximum atomic E-state index is 6.04. The van der Waals surface area contributed by atoms with Gasteiger partial charge in [-0.2, -0.15) is 0 Å². The van der Waals surface area contributed by atoms with Crippen molar-refractivity contribution in [1.29, 1.82) is 0 Å². The number of halogens is 1. The maximum Gasteiger partial charge on any atom is 0.137 e. The van der Waals surface area contributed by atoms with Gasteiger partial charge in [-0.05, 0) is 48.5 Å². The van der Waals surface area contributed by atoms with Crippen LogP contribution in [0.5, 0.6) is 11.5 Å². The SMILES string of the molecule is Brc1ccc(Oc2ccccc2-c2cn3ccccc3n2)cc1. The van der Waals surface area contributed by atoms with E-state index >= 15 is 0 Å². The molecule has 0 saturated carbocycles. The van der Waals surface area contributed by atoms with Crippen molar-refractivity contribution in [3.63, 3.8) is 0 Å². The minimum atomic E-state index is 0.790. The first-order valence-corrected chi connectivity index (χ1v) is 8.05. The zero-order chi connectivity index (χ0) is 15.6. The second kappa shape index (κ2) is 5.89. The summed E-state index contributed by atoms with van der Waals surface area (Å²) in [4.78, 5) is 4.67. The summed E-state index contributed by atoms with van der Waals surface area (Å²) in [6.07, 6.45) is 4.00. The number of pyridine rings is 1. The van der Waals surface area contributed by atoms with E-state index in [-0.39, 0.29) is 0 Å². The number of fused-ring (bicyclic) bond motifs is 1. The third-order valence-corrected chi connectivity index (χ3v) is 4.10. The smallest absolute Gasteiger partial charge is 0.137 e. The normalized spacial score (nSPS) is 10.8. The Hall–Kier alpha value is -2.59. The van der Waals surface area contributed by atoms with Crippen LogP contribution in [-0.4, -0.2) is 9.38 Å². The third kappa shape index (κ3) is 2.85. The molecule has 0 N–H and O–H groups in total. The van der Waals surface area contributed by atoms with E-state index in [1.54, 1.807) is 0 Å². The van der Waals surface area contributed by atoms with E-state index in [1.807, 2.05) is 83.5 Å². The molecule has 2 heterocycles. The van der Waals surface area contributed by atoms with Gasteiger partial charge in [-0.3, -0.25) is 0 Å². The van der Waals surface area contributed by atoms with E-state index in [0.717, 1.165) is 32.9 Å². The zero-order valence-corrected chi connectivity index (χ0v) is 13.8. The Morgan fingerprint density at radius 3 is 2.48 bits per heavy atom. The fraction of sp³-hybridized carbons (Fsp3) is 0. The highest BCUT2D eigenvalue weighted by molar-refractivity contribution is 9.10. The van der Waals surface area contributed by atoms with Crippen molar-refractivity contribution in [2.45, 2.75) is 0 Å². The van der Waals surface area contributed by atoms with Crippen molar-refractivity contribution in [3.8, 4) is 22.8 Å². The molecule has 0 fully saturated rings. The van der Waals surface area contributed by atoms with Gasteiger partial charge in [0, 0.05) is 22.4 Å². The average Bonchev–Trinajstić information content (AvgIpc) is 3.01. The van der Waals surface area contributed by atoms with E-state index in [2.05, 4.69) is 20.9 Å². The molecule has 0 aliphatic carbocycles. The Morgan fingerprint density at radius 1 is 0.870 bits per heavy atom. The molecule has 0 atom stereocenters. The Kier molecular flexibility index (Phi) is 3.60. The third-order valence-electron chi connectivity index (χ3n) is 3.57. The van der Waals surface area contributed by atoms with Crippen molar-refractivity contribution in [1.82, 2.24) is 9.38 Å². The molecule has 2 aromatic heterocycles. The molecular weight excluding hydrogens is 352 g/mol. The molecule has 4 aromatic rings. The minimum Gasteiger partial charge on any atom is -0.457 e. The lowest BCUT2D eigenvalue weighted by atomic mass is 10.1. The Labute approximate surface area is 142 Å². The predicted molar refractivity (Wildman–Crippen MR) is 94.8 cm³/mol. The lowest BCUT2D eigenvalue weighted by Gasteiger charge is -2.09. The van der Waals surface area contributed by atoms with Gasteiger partial charge in [0.25, 0.3) is 0 Å². The zero-order valence-electron chi connectivity index (χ0n) is 12.2. The Bertz CT molecular complexity index is 927. The number of hydrogen-bond acceptors (Lipinski definition) is 2. The van der Waals surface area contributed by atoms with Crippen LogP contribution in [0.25, 0.3) is 16.9 Å². The number of hydrogen-bond donors (Lipinski definition) is 0. The molecule has 0 aliphatic heterocycles. The topological polar surface area (TPSA) is 26.5 Å². The second-order valence-corrected chi connectivity index (χ2v) is 6.06. The van der Waals surface area contributed by atoms with Crippen LogP contribution in [0.3, 0.4) is 0 Å². The van der Waals surface area contributed by atoms with Crippen molar-refractivity contribution in [3.05, 3.63) is 83.6 Å². The van der Waals surface area contributed by atoms with Gasteiger partial charge < -0.3 is 9.14 Å². The van der Waals surface area contributed by atoms with Crippen LogP contribution in [0.1, 0.15) is 0 Å². The molecule has 0 amide bonds. The average molecular weight is 365 g/mol. The first-order chi connectivity index (χ1) is 11.3. The molecule has 4 heteroatoms. The van der Waals surface area contributed by atoms with E-state index < -0.39 is 0 Å². The fourth-order valence-corrected chi connectivity index (χ4v) is 2.73. The van der Waals surface area contributed by atoms with Gasteiger partial charge in [0.2, 0.25) is 0 Å². The second-order valence-electron chi connectivity index (χ2n) is 5.14. The number of para-hydroxylation sites is 1. The van der Waals surface area contributed by atoms with E-state index in [0.29, 0.717) is 0 Å². The number of benzene rings is 2. The molecule has 112 valence electrons. The number of nitrogens with zero attached hydrogens (tertiary/aromatic N) is 2. The molecule has 0 spiro atoms. The van der Waals surface area contributed by atoms with Gasteiger partial charge >= 0.3 is 0 Å².